The molecule has 1 amide bonds. The van der Waals surface area contributed by atoms with E-state index in [2.05, 4.69) is 5.32 Å². The summed E-state index contributed by atoms with van der Waals surface area (Å²) >= 11 is 0. The van der Waals surface area contributed by atoms with Crippen LogP contribution in [-0.4, -0.2) is 37.0 Å². The standard InChI is InChI=1S/C14H19FN2O/c1-16-10-14(18)17-7-3-6-13(17)9-11-4-2-5-12(15)8-11/h2,4-5,8,13,16H,3,6-7,9-10H2,1H3. The molecule has 1 unspecified atom stereocenters. The fraction of sp³-hybridized carbons (Fsp3) is 0.500. The lowest BCUT2D eigenvalue weighted by Crippen LogP contribution is -2.41. The van der Waals surface area contributed by atoms with Crippen LogP contribution in [0.5, 0.6) is 0 Å². The van der Waals surface area contributed by atoms with Crippen LogP contribution >= 0.6 is 0 Å². The van der Waals surface area contributed by atoms with E-state index in [1.54, 1.807) is 19.2 Å². The SMILES string of the molecule is CNCC(=O)N1CCCC1Cc1cccc(F)c1. The van der Waals surface area contributed by atoms with Gasteiger partial charge in [-0.15, -0.1) is 0 Å². The molecule has 2 rings (SSSR count). The van der Waals surface area contributed by atoms with E-state index < -0.39 is 0 Å². The van der Waals surface area contributed by atoms with Gasteiger partial charge >= 0.3 is 0 Å². The molecule has 0 bridgehead atoms. The molecule has 1 fully saturated rings. The van der Waals surface area contributed by atoms with Crippen molar-refractivity contribution >= 4 is 5.91 Å². The second kappa shape index (κ2) is 5.96. The Balaban J connectivity index is 2.01. The van der Waals surface area contributed by atoms with Gasteiger partial charge in [-0.2, -0.15) is 0 Å². The van der Waals surface area contributed by atoms with Gasteiger partial charge in [-0.25, -0.2) is 4.39 Å². The largest absolute Gasteiger partial charge is 0.338 e. The molecular formula is C14H19FN2O. The summed E-state index contributed by atoms with van der Waals surface area (Å²) in [6, 6.07) is 6.86. The maximum absolute atomic E-state index is 13.1. The highest BCUT2D eigenvalue weighted by atomic mass is 19.1. The highest BCUT2D eigenvalue weighted by Crippen LogP contribution is 2.21. The van der Waals surface area contributed by atoms with Crippen LogP contribution in [0.15, 0.2) is 24.3 Å². The van der Waals surface area contributed by atoms with Gasteiger partial charge in [0.2, 0.25) is 5.91 Å². The fourth-order valence-corrected chi connectivity index (χ4v) is 2.57. The summed E-state index contributed by atoms with van der Waals surface area (Å²) in [7, 11) is 1.77. The Labute approximate surface area is 107 Å². The normalized spacial score (nSPS) is 19.2. The minimum absolute atomic E-state index is 0.136. The molecule has 1 saturated heterocycles. The number of likely N-dealkylation sites (tertiary alicyclic amines) is 1. The lowest BCUT2D eigenvalue weighted by Gasteiger charge is -2.24. The maximum atomic E-state index is 13.1. The number of hydrogen-bond donors (Lipinski definition) is 1. The van der Waals surface area contributed by atoms with Gasteiger partial charge in [0.25, 0.3) is 0 Å². The van der Waals surface area contributed by atoms with E-state index in [0.717, 1.165) is 31.4 Å². The summed E-state index contributed by atoms with van der Waals surface area (Å²) in [6.07, 6.45) is 2.79. The van der Waals surface area contributed by atoms with Crippen LogP contribution in [0, 0.1) is 5.82 Å². The van der Waals surface area contributed by atoms with Crippen molar-refractivity contribution in [1.29, 1.82) is 0 Å². The number of rotatable bonds is 4. The molecule has 0 aliphatic carbocycles. The van der Waals surface area contributed by atoms with Crippen molar-refractivity contribution in [3.05, 3.63) is 35.6 Å². The Morgan fingerprint density at radius 3 is 3.11 bits per heavy atom. The van der Waals surface area contributed by atoms with Crippen molar-refractivity contribution in [1.82, 2.24) is 10.2 Å². The van der Waals surface area contributed by atoms with Crippen LogP contribution in [0.2, 0.25) is 0 Å². The maximum Gasteiger partial charge on any atom is 0.236 e. The predicted octanol–water partition coefficient (Wildman–Crippen LogP) is 1.58. The number of likely N-dealkylation sites (N-methyl/N-ethyl adjacent to an activating group) is 1. The molecule has 3 nitrogen and oxygen atoms in total. The molecule has 1 N–H and O–H groups in total. The van der Waals surface area contributed by atoms with Gasteiger partial charge in [-0.05, 0) is 44.0 Å². The molecule has 1 aromatic rings. The molecule has 98 valence electrons. The Kier molecular flexibility index (Phi) is 4.31. The summed E-state index contributed by atoms with van der Waals surface area (Å²) < 4.78 is 13.1. The van der Waals surface area contributed by atoms with Crippen LogP contribution < -0.4 is 5.32 Å². The number of hydrogen-bond acceptors (Lipinski definition) is 2. The lowest BCUT2D eigenvalue weighted by atomic mass is 10.0. The minimum atomic E-state index is -0.210. The summed E-state index contributed by atoms with van der Waals surface area (Å²) in [5, 5.41) is 2.89. The van der Waals surface area contributed by atoms with Crippen molar-refractivity contribution < 1.29 is 9.18 Å². The predicted molar refractivity (Wildman–Crippen MR) is 68.8 cm³/mol. The highest BCUT2D eigenvalue weighted by Gasteiger charge is 2.28. The summed E-state index contributed by atoms with van der Waals surface area (Å²) in [6.45, 7) is 1.19. The van der Waals surface area contributed by atoms with Crippen LogP contribution in [0.1, 0.15) is 18.4 Å². The minimum Gasteiger partial charge on any atom is -0.338 e. The third kappa shape index (κ3) is 3.07. The van der Waals surface area contributed by atoms with Gasteiger partial charge in [0.1, 0.15) is 5.82 Å². The van der Waals surface area contributed by atoms with Crippen LogP contribution in [0.4, 0.5) is 4.39 Å². The second-order valence-corrected chi connectivity index (χ2v) is 4.75. The zero-order valence-electron chi connectivity index (χ0n) is 10.7. The number of benzene rings is 1. The smallest absolute Gasteiger partial charge is 0.236 e. The lowest BCUT2D eigenvalue weighted by molar-refractivity contribution is -0.130. The van der Waals surface area contributed by atoms with Crippen LogP contribution in [0.3, 0.4) is 0 Å². The second-order valence-electron chi connectivity index (χ2n) is 4.75. The first-order valence-electron chi connectivity index (χ1n) is 6.39. The average molecular weight is 250 g/mol. The Hall–Kier alpha value is -1.42. The van der Waals surface area contributed by atoms with Gasteiger partial charge in [0.15, 0.2) is 0 Å². The molecule has 1 aliphatic rings. The van der Waals surface area contributed by atoms with E-state index in [4.69, 9.17) is 0 Å². The van der Waals surface area contributed by atoms with Crippen LogP contribution in [0.25, 0.3) is 0 Å². The molecule has 18 heavy (non-hydrogen) atoms. The number of nitrogens with zero attached hydrogens (tertiary/aromatic N) is 1. The first kappa shape index (κ1) is 13.0. The van der Waals surface area contributed by atoms with Gasteiger partial charge in [0.05, 0.1) is 6.54 Å². The zero-order valence-corrected chi connectivity index (χ0v) is 10.7. The molecular weight excluding hydrogens is 231 g/mol. The first-order valence-corrected chi connectivity index (χ1v) is 6.39. The van der Waals surface area contributed by atoms with E-state index in [-0.39, 0.29) is 17.8 Å². The van der Waals surface area contributed by atoms with Gasteiger partial charge in [-0.3, -0.25) is 4.79 Å². The quantitative estimate of drug-likeness (QED) is 0.880. The van der Waals surface area contributed by atoms with Gasteiger partial charge in [-0.1, -0.05) is 12.1 Å². The molecule has 1 aliphatic heterocycles. The number of nitrogens with one attached hydrogen (secondary N) is 1. The third-order valence-electron chi connectivity index (χ3n) is 3.39. The Bertz CT molecular complexity index is 422. The summed E-state index contributed by atoms with van der Waals surface area (Å²) in [5.74, 6) is -0.0741. The van der Waals surface area contributed by atoms with E-state index >= 15 is 0 Å². The van der Waals surface area contributed by atoms with E-state index in [9.17, 15) is 9.18 Å². The number of halogens is 1. The van der Waals surface area contributed by atoms with E-state index in [1.807, 2.05) is 11.0 Å². The molecule has 1 atom stereocenters. The van der Waals surface area contributed by atoms with Crippen molar-refractivity contribution in [2.45, 2.75) is 25.3 Å². The number of carbonyl (C=O) groups is 1. The number of amides is 1. The number of carbonyl (C=O) groups excluding carboxylic acids is 1. The van der Waals surface area contributed by atoms with Gasteiger partial charge in [0, 0.05) is 12.6 Å². The zero-order chi connectivity index (χ0) is 13.0. The summed E-state index contributed by atoms with van der Waals surface area (Å²) in [5.41, 5.74) is 0.962. The molecule has 1 aromatic carbocycles. The van der Waals surface area contributed by atoms with Crippen molar-refractivity contribution in [2.24, 2.45) is 0 Å². The van der Waals surface area contributed by atoms with Crippen molar-refractivity contribution in [3.8, 4) is 0 Å². The average Bonchev–Trinajstić information content (AvgIpc) is 2.77. The molecule has 0 radical (unpaired) electrons. The first-order chi connectivity index (χ1) is 8.70. The Morgan fingerprint density at radius 2 is 2.39 bits per heavy atom. The summed E-state index contributed by atoms with van der Waals surface area (Å²) in [4.78, 5) is 13.8. The molecule has 4 heteroatoms. The third-order valence-corrected chi connectivity index (χ3v) is 3.39. The van der Waals surface area contributed by atoms with E-state index in [0.29, 0.717) is 6.54 Å². The van der Waals surface area contributed by atoms with E-state index in [1.165, 1.54) is 6.07 Å². The topological polar surface area (TPSA) is 32.3 Å². The van der Waals surface area contributed by atoms with Crippen molar-refractivity contribution in [2.75, 3.05) is 20.1 Å². The monoisotopic (exact) mass is 250 g/mol. The highest BCUT2D eigenvalue weighted by molar-refractivity contribution is 5.78. The van der Waals surface area contributed by atoms with Crippen LogP contribution in [-0.2, 0) is 11.2 Å². The molecule has 0 aromatic heterocycles. The fourth-order valence-electron chi connectivity index (χ4n) is 2.57. The molecule has 1 heterocycles. The molecule has 0 spiro atoms. The van der Waals surface area contributed by atoms with Crippen molar-refractivity contribution in [3.63, 3.8) is 0 Å². The molecule has 0 saturated carbocycles. The Morgan fingerprint density at radius 1 is 1.56 bits per heavy atom. The van der Waals surface area contributed by atoms with Gasteiger partial charge < -0.3 is 10.2 Å².